The maximum Gasteiger partial charge on any atom is 0.335 e. The van der Waals surface area contributed by atoms with Crippen molar-refractivity contribution in [3.8, 4) is 11.3 Å². The summed E-state index contributed by atoms with van der Waals surface area (Å²) >= 11 is 0. The largest absolute Gasteiger partial charge is 0.478 e. The number of carboxylic acids is 1. The van der Waals surface area contributed by atoms with Gasteiger partial charge in [-0.3, -0.25) is 0 Å². The SMILES string of the molecule is Cc1ccc(-c2[nH]c3ccc(C(=O)O)cc3c2CCCCN)cc1. The van der Waals surface area contributed by atoms with Gasteiger partial charge >= 0.3 is 5.97 Å². The van der Waals surface area contributed by atoms with Gasteiger partial charge < -0.3 is 15.8 Å². The molecule has 2 aromatic carbocycles. The predicted molar refractivity (Wildman–Crippen MR) is 97.4 cm³/mol. The van der Waals surface area contributed by atoms with E-state index in [1.807, 2.05) is 6.07 Å². The normalized spacial score (nSPS) is 11.1. The molecule has 4 nitrogen and oxygen atoms in total. The molecule has 0 saturated heterocycles. The van der Waals surface area contributed by atoms with Gasteiger partial charge in [-0.2, -0.15) is 0 Å². The number of benzene rings is 2. The smallest absolute Gasteiger partial charge is 0.335 e. The first-order valence-electron chi connectivity index (χ1n) is 8.25. The number of aromatic nitrogens is 1. The summed E-state index contributed by atoms with van der Waals surface area (Å²) in [5.74, 6) is -0.900. The molecule has 0 bridgehead atoms. The molecule has 0 amide bonds. The summed E-state index contributed by atoms with van der Waals surface area (Å²) in [6.07, 6.45) is 2.82. The van der Waals surface area contributed by atoms with Gasteiger partial charge in [-0.25, -0.2) is 4.79 Å². The van der Waals surface area contributed by atoms with E-state index < -0.39 is 5.97 Å². The van der Waals surface area contributed by atoms with Crippen molar-refractivity contribution in [2.24, 2.45) is 5.73 Å². The Balaban J connectivity index is 2.13. The van der Waals surface area contributed by atoms with Crippen molar-refractivity contribution in [1.29, 1.82) is 0 Å². The van der Waals surface area contributed by atoms with Crippen LogP contribution in [0.4, 0.5) is 0 Å². The Hall–Kier alpha value is -2.59. The van der Waals surface area contributed by atoms with Crippen molar-refractivity contribution in [3.05, 3.63) is 59.2 Å². The van der Waals surface area contributed by atoms with Crippen LogP contribution in [0.2, 0.25) is 0 Å². The number of hydrogen-bond donors (Lipinski definition) is 3. The van der Waals surface area contributed by atoms with Gasteiger partial charge in [0.05, 0.1) is 5.56 Å². The van der Waals surface area contributed by atoms with Crippen molar-refractivity contribution < 1.29 is 9.90 Å². The number of nitrogens with one attached hydrogen (secondary N) is 1. The molecule has 3 rings (SSSR count). The van der Waals surface area contributed by atoms with Crippen LogP contribution in [0.3, 0.4) is 0 Å². The minimum Gasteiger partial charge on any atom is -0.478 e. The number of carbonyl (C=O) groups is 1. The Labute approximate surface area is 141 Å². The second-order valence-electron chi connectivity index (χ2n) is 6.16. The van der Waals surface area contributed by atoms with Gasteiger partial charge in [-0.15, -0.1) is 0 Å². The van der Waals surface area contributed by atoms with Crippen LogP contribution < -0.4 is 5.73 Å². The first-order chi connectivity index (χ1) is 11.6. The highest BCUT2D eigenvalue weighted by Gasteiger charge is 2.15. The highest BCUT2D eigenvalue weighted by atomic mass is 16.4. The summed E-state index contributed by atoms with van der Waals surface area (Å²) in [6, 6.07) is 13.6. The fourth-order valence-corrected chi connectivity index (χ4v) is 3.05. The number of rotatable bonds is 6. The van der Waals surface area contributed by atoms with Crippen LogP contribution in [0.1, 0.15) is 34.3 Å². The standard InChI is InChI=1S/C20H22N2O2/c1-13-5-7-14(8-6-13)19-16(4-2-3-11-21)17-12-15(20(23)24)9-10-18(17)22-19/h5-10,12,22H,2-4,11,21H2,1H3,(H,23,24). The van der Waals surface area contributed by atoms with Gasteiger partial charge in [-0.05, 0) is 62.1 Å². The van der Waals surface area contributed by atoms with Crippen molar-refractivity contribution in [2.45, 2.75) is 26.2 Å². The number of nitrogens with two attached hydrogens (primary N) is 1. The van der Waals surface area contributed by atoms with E-state index in [9.17, 15) is 9.90 Å². The summed E-state index contributed by atoms with van der Waals surface area (Å²) in [6.45, 7) is 2.74. The molecule has 0 saturated carbocycles. The van der Waals surface area contributed by atoms with Crippen molar-refractivity contribution in [3.63, 3.8) is 0 Å². The molecule has 0 unspecified atom stereocenters. The minimum absolute atomic E-state index is 0.317. The van der Waals surface area contributed by atoms with Gasteiger partial charge in [0.1, 0.15) is 0 Å². The summed E-state index contributed by atoms with van der Waals surface area (Å²) in [5, 5.41) is 10.3. The summed E-state index contributed by atoms with van der Waals surface area (Å²) < 4.78 is 0. The van der Waals surface area contributed by atoms with Crippen LogP contribution in [0.25, 0.3) is 22.2 Å². The molecule has 0 radical (unpaired) electrons. The molecule has 24 heavy (non-hydrogen) atoms. The van der Waals surface area contributed by atoms with E-state index >= 15 is 0 Å². The van der Waals surface area contributed by atoms with Gasteiger partial charge in [-0.1, -0.05) is 29.8 Å². The number of unbranched alkanes of at least 4 members (excludes halogenated alkanes) is 1. The number of aryl methyl sites for hydroxylation is 2. The fraction of sp³-hybridized carbons (Fsp3) is 0.250. The predicted octanol–water partition coefficient (Wildman–Crippen LogP) is 4.12. The molecule has 0 atom stereocenters. The molecule has 1 aromatic heterocycles. The van der Waals surface area contributed by atoms with Crippen molar-refractivity contribution in [2.75, 3.05) is 6.54 Å². The van der Waals surface area contributed by atoms with Crippen LogP contribution in [-0.4, -0.2) is 22.6 Å². The van der Waals surface area contributed by atoms with Gasteiger partial charge in [0.2, 0.25) is 0 Å². The number of H-pyrrole nitrogens is 1. The van der Waals surface area contributed by atoms with Crippen LogP contribution in [0.5, 0.6) is 0 Å². The number of aromatic amines is 1. The topological polar surface area (TPSA) is 79.1 Å². The zero-order valence-electron chi connectivity index (χ0n) is 13.8. The van der Waals surface area contributed by atoms with Crippen LogP contribution >= 0.6 is 0 Å². The fourth-order valence-electron chi connectivity index (χ4n) is 3.05. The lowest BCUT2D eigenvalue weighted by molar-refractivity contribution is 0.0697. The Morgan fingerprint density at radius 2 is 1.88 bits per heavy atom. The molecule has 0 aliphatic rings. The third-order valence-electron chi connectivity index (χ3n) is 4.37. The van der Waals surface area contributed by atoms with E-state index in [0.717, 1.165) is 41.4 Å². The van der Waals surface area contributed by atoms with Gasteiger partial charge in [0, 0.05) is 16.6 Å². The number of hydrogen-bond acceptors (Lipinski definition) is 2. The second kappa shape index (κ2) is 6.89. The lowest BCUT2D eigenvalue weighted by Gasteiger charge is -2.06. The van der Waals surface area contributed by atoms with Gasteiger partial charge in [0.25, 0.3) is 0 Å². The molecule has 1 heterocycles. The molecule has 0 aliphatic heterocycles. The summed E-state index contributed by atoms with van der Waals surface area (Å²) in [4.78, 5) is 14.8. The van der Waals surface area contributed by atoms with E-state index in [4.69, 9.17) is 5.73 Å². The molecular formula is C20H22N2O2. The van der Waals surface area contributed by atoms with Gasteiger partial charge in [0.15, 0.2) is 0 Å². The summed E-state index contributed by atoms with van der Waals surface area (Å²) in [7, 11) is 0. The average Bonchev–Trinajstić information content (AvgIpc) is 2.94. The van der Waals surface area contributed by atoms with E-state index in [1.54, 1.807) is 12.1 Å². The number of aromatic carboxylic acids is 1. The Kier molecular flexibility index (Phi) is 4.67. The highest BCUT2D eigenvalue weighted by Crippen LogP contribution is 2.32. The lowest BCUT2D eigenvalue weighted by atomic mass is 9.99. The molecule has 0 fully saturated rings. The zero-order chi connectivity index (χ0) is 17.1. The number of carboxylic acid groups (broad SMARTS) is 1. The quantitative estimate of drug-likeness (QED) is 0.597. The van der Waals surface area contributed by atoms with Crippen LogP contribution in [-0.2, 0) is 6.42 Å². The number of fused-ring (bicyclic) bond motifs is 1. The Morgan fingerprint density at radius 3 is 2.54 bits per heavy atom. The monoisotopic (exact) mass is 322 g/mol. The lowest BCUT2D eigenvalue weighted by Crippen LogP contribution is -1.99. The van der Waals surface area contributed by atoms with E-state index in [-0.39, 0.29) is 0 Å². The third-order valence-corrected chi connectivity index (χ3v) is 4.37. The third kappa shape index (κ3) is 3.19. The molecule has 4 N–H and O–H groups in total. The first-order valence-corrected chi connectivity index (χ1v) is 8.25. The molecule has 0 aliphatic carbocycles. The van der Waals surface area contributed by atoms with Crippen LogP contribution in [0.15, 0.2) is 42.5 Å². The zero-order valence-corrected chi connectivity index (χ0v) is 13.8. The first kappa shape index (κ1) is 16.3. The van der Waals surface area contributed by atoms with Crippen molar-refractivity contribution in [1.82, 2.24) is 4.98 Å². The maximum absolute atomic E-state index is 11.3. The Morgan fingerprint density at radius 1 is 1.12 bits per heavy atom. The molecule has 124 valence electrons. The molecular weight excluding hydrogens is 300 g/mol. The van der Waals surface area contributed by atoms with Crippen molar-refractivity contribution >= 4 is 16.9 Å². The molecule has 3 aromatic rings. The molecule has 4 heteroatoms. The maximum atomic E-state index is 11.3. The molecule has 0 spiro atoms. The summed E-state index contributed by atoms with van der Waals surface area (Å²) in [5.41, 5.74) is 11.5. The van der Waals surface area contributed by atoms with E-state index in [0.29, 0.717) is 12.1 Å². The highest BCUT2D eigenvalue weighted by molar-refractivity contribution is 5.97. The van der Waals surface area contributed by atoms with Crippen LogP contribution in [0, 0.1) is 6.92 Å². The van der Waals surface area contributed by atoms with E-state index in [2.05, 4.69) is 36.2 Å². The minimum atomic E-state index is -0.900. The van der Waals surface area contributed by atoms with E-state index in [1.165, 1.54) is 11.1 Å². The Bertz CT molecular complexity index is 863. The average molecular weight is 322 g/mol. The second-order valence-corrected chi connectivity index (χ2v) is 6.16.